The fraction of sp³-hybridized carbons (Fsp3) is 0.500. The highest BCUT2D eigenvalue weighted by Gasteiger charge is 2.35. The van der Waals surface area contributed by atoms with E-state index in [0.29, 0.717) is 32.2 Å². The number of urea groups is 1. The van der Waals surface area contributed by atoms with Gasteiger partial charge < -0.3 is 19.9 Å². The van der Waals surface area contributed by atoms with Gasteiger partial charge in [0.25, 0.3) is 0 Å². The molecule has 1 aliphatic heterocycles. The van der Waals surface area contributed by atoms with Gasteiger partial charge in [-0.2, -0.15) is 0 Å². The van der Waals surface area contributed by atoms with Crippen LogP contribution in [0.4, 0.5) is 4.79 Å². The Bertz CT molecular complexity index is 924. The maximum Gasteiger partial charge on any atom is 0.317 e. The number of hydrogen-bond acceptors (Lipinski definition) is 4. The van der Waals surface area contributed by atoms with Crippen LogP contribution in [0.3, 0.4) is 0 Å². The molecule has 1 N–H and O–H groups in total. The molecule has 0 saturated heterocycles. The van der Waals surface area contributed by atoms with E-state index in [9.17, 15) is 9.59 Å². The molecular formula is C24H31N3O3S. The van der Waals surface area contributed by atoms with Crippen LogP contribution in [0.2, 0.25) is 0 Å². The van der Waals surface area contributed by atoms with E-state index in [0.717, 1.165) is 30.6 Å². The van der Waals surface area contributed by atoms with Gasteiger partial charge in [0.15, 0.2) is 0 Å². The minimum atomic E-state index is -0.149. The Kier molecular flexibility index (Phi) is 6.80. The molecule has 0 bridgehead atoms. The second kappa shape index (κ2) is 9.73. The molecule has 3 amide bonds. The summed E-state index contributed by atoms with van der Waals surface area (Å²) in [5, 5.41) is 4.95. The van der Waals surface area contributed by atoms with E-state index >= 15 is 0 Å². The molecule has 4 rings (SSSR count). The van der Waals surface area contributed by atoms with Crippen molar-refractivity contribution in [2.24, 2.45) is 5.92 Å². The van der Waals surface area contributed by atoms with Crippen LogP contribution in [0.1, 0.15) is 41.8 Å². The molecule has 1 saturated carbocycles. The van der Waals surface area contributed by atoms with Gasteiger partial charge in [0, 0.05) is 24.5 Å². The number of rotatable bonds is 8. The van der Waals surface area contributed by atoms with Gasteiger partial charge in [-0.25, -0.2) is 4.79 Å². The molecule has 7 heteroatoms. The van der Waals surface area contributed by atoms with Crippen molar-refractivity contribution in [2.45, 2.75) is 39.2 Å². The Morgan fingerprint density at radius 3 is 2.81 bits per heavy atom. The van der Waals surface area contributed by atoms with Crippen LogP contribution in [0.5, 0.6) is 5.75 Å². The molecular weight excluding hydrogens is 410 g/mol. The molecule has 1 aromatic carbocycles. The number of para-hydroxylation sites is 1. The topological polar surface area (TPSA) is 61.9 Å². The monoisotopic (exact) mass is 441 g/mol. The van der Waals surface area contributed by atoms with Gasteiger partial charge in [-0.05, 0) is 67.7 Å². The summed E-state index contributed by atoms with van der Waals surface area (Å²) in [6.45, 7) is 6.31. The number of hydrogen-bond donors (Lipinski definition) is 1. The number of benzene rings is 1. The lowest BCUT2D eigenvalue weighted by molar-refractivity contribution is -0.135. The van der Waals surface area contributed by atoms with E-state index in [2.05, 4.69) is 16.8 Å². The smallest absolute Gasteiger partial charge is 0.317 e. The van der Waals surface area contributed by atoms with Crippen molar-refractivity contribution in [1.29, 1.82) is 0 Å². The number of fused-ring (bicyclic) bond motifs is 1. The van der Waals surface area contributed by atoms with Crippen molar-refractivity contribution in [3.05, 3.63) is 51.7 Å². The lowest BCUT2D eigenvalue weighted by Crippen LogP contribution is -2.50. The molecule has 2 heterocycles. The fourth-order valence-corrected chi connectivity index (χ4v) is 5.04. The molecule has 6 nitrogen and oxygen atoms in total. The highest BCUT2D eigenvalue weighted by atomic mass is 32.1. The number of amides is 3. The first kappa shape index (κ1) is 21.7. The normalized spacial score (nSPS) is 17.7. The Hall–Kier alpha value is -2.54. The minimum absolute atomic E-state index is 0.0119. The van der Waals surface area contributed by atoms with Crippen LogP contribution in [0, 0.1) is 12.8 Å². The van der Waals surface area contributed by atoms with E-state index in [1.54, 1.807) is 16.2 Å². The Balaban J connectivity index is 1.49. The van der Waals surface area contributed by atoms with Crippen LogP contribution >= 0.6 is 11.3 Å². The van der Waals surface area contributed by atoms with Crippen molar-refractivity contribution in [3.63, 3.8) is 0 Å². The zero-order valence-electron chi connectivity index (χ0n) is 18.3. The van der Waals surface area contributed by atoms with Crippen LogP contribution in [0.15, 0.2) is 35.7 Å². The number of thiophene rings is 1. The lowest BCUT2D eigenvalue weighted by atomic mass is 10.0. The van der Waals surface area contributed by atoms with Gasteiger partial charge in [-0.3, -0.25) is 4.79 Å². The molecule has 1 aliphatic carbocycles. The van der Waals surface area contributed by atoms with E-state index in [4.69, 9.17) is 4.74 Å². The van der Waals surface area contributed by atoms with Crippen molar-refractivity contribution in [3.8, 4) is 5.75 Å². The van der Waals surface area contributed by atoms with Crippen LogP contribution in [-0.2, 0) is 11.2 Å². The number of carbonyl (C=O) groups is 2. The molecule has 0 unspecified atom stereocenters. The maximum atomic E-state index is 13.4. The van der Waals surface area contributed by atoms with Gasteiger partial charge in [-0.1, -0.05) is 18.2 Å². The summed E-state index contributed by atoms with van der Waals surface area (Å²) in [5.74, 6) is 1.36. The number of nitrogens with one attached hydrogen (secondary N) is 1. The number of aryl methyl sites for hydroxylation is 1. The van der Waals surface area contributed by atoms with Gasteiger partial charge >= 0.3 is 6.03 Å². The summed E-state index contributed by atoms with van der Waals surface area (Å²) in [6.07, 6.45) is 3.13. The highest BCUT2D eigenvalue weighted by Crippen LogP contribution is 2.35. The molecule has 1 aromatic heterocycles. The summed E-state index contributed by atoms with van der Waals surface area (Å²) in [5.41, 5.74) is 2.25. The second-order valence-corrected chi connectivity index (χ2v) is 9.39. The number of carbonyl (C=O) groups excluding carboxylic acids is 2. The third-order valence-electron chi connectivity index (χ3n) is 6.02. The van der Waals surface area contributed by atoms with Gasteiger partial charge in [0.05, 0.1) is 6.04 Å². The average Bonchev–Trinajstić information content (AvgIpc) is 3.45. The van der Waals surface area contributed by atoms with E-state index in [1.165, 1.54) is 10.4 Å². The van der Waals surface area contributed by atoms with Crippen molar-refractivity contribution in [2.75, 3.05) is 32.8 Å². The van der Waals surface area contributed by atoms with Crippen molar-refractivity contribution >= 4 is 23.3 Å². The fourth-order valence-electron chi connectivity index (χ4n) is 4.11. The van der Waals surface area contributed by atoms with Crippen LogP contribution < -0.4 is 10.1 Å². The quantitative estimate of drug-likeness (QED) is 0.674. The zero-order valence-corrected chi connectivity index (χ0v) is 19.1. The Morgan fingerprint density at radius 2 is 2.06 bits per heavy atom. The van der Waals surface area contributed by atoms with E-state index in [1.807, 2.05) is 43.0 Å². The molecule has 1 atom stereocenters. The van der Waals surface area contributed by atoms with Crippen molar-refractivity contribution in [1.82, 2.24) is 15.1 Å². The van der Waals surface area contributed by atoms with Gasteiger partial charge in [0.1, 0.15) is 18.9 Å². The summed E-state index contributed by atoms with van der Waals surface area (Å²) in [7, 11) is 0. The maximum absolute atomic E-state index is 13.4. The first-order valence-electron chi connectivity index (χ1n) is 11.1. The number of nitrogens with zero attached hydrogens (tertiary/aromatic N) is 2. The molecule has 1 fully saturated rings. The van der Waals surface area contributed by atoms with Gasteiger partial charge in [0.2, 0.25) is 5.91 Å². The van der Waals surface area contributed by atoms with Gasteiger partial charge in [-0.15, -0.1) is 11.3 Å². The zero-order chi connectivity index (χ0) is 21.8. The predicted octanol–water partition coefficient (Wildman–Crippen LogP) is 4.00. The Labute approximate surface area is 188 Å². The molecule has 0 spiro atoms. The standard InChI is InChI=1S/C24H31N3O3S/c1-3-25-24(29)26(14-18-8-9-18)15-23(28)27-12-10-22-19(11-13-31-22)20(27)16-30-21-7-5-4-6-17(21)2/h4-7,11,13,18,20H,3,8-10,12,14-16H2,1-2H3,(H,25,29)/t20-/m0/s1. The van der Waals surface area contributed by atoms with E-state index < -0.39 is 0 Å². The summed E-state index contributed by atoms with van der Waals surface area (Å²) in [4.78, 5) is 30.8. The first-order chi connectivity index (χ1) is 15.1. The van der Waals surface area contributed by atoms with Crippen LogP contribution in [-0.4, -0.2) is 54.5 Å². The SMILES string of the molecule is CCNC(=O)N(CC(=O)N1CCc2sccc2[C@@H]1COc1ccccc1C)CC1CC1. The third kappa shape index (κ3) is 5.21. The predicted molar refractivity (Wildman–Crippen MR) is 123 cm³/mol. The first-order valence-corrected chi connectivity index (χ1v) is 12.0. The summed E-state index contributed by atoms with van der Waals surface area (Å²) >= 11 is 1.74. The summed E-state index contributed by atoms with van der Waals surface area (Å²) in [6, 6.07) is 9.76. The Morgan fingerprint density at radius 1 is 1.26 bits per heavy atom. The summed E-state index contributed by atoms with van der Waals surface area (Å²) < 4.78 is 6.17. The van der Waals surface area contributed by atoms with E-state index in [-0.39, 0.29) is 24.5 Å². The third-order valence-corrected chi connectivity index (χ3v) is 7.02. The second-order valence-electron chi connectivity index (χ2n) is 8.39. The van der Waals surface area contributed by atoms with Crippen LogP contribution in [0.25, 0.3) is 0 Å². The largest absolute Gasteiger partial charge is 0.491 e. The molecule has 2 aromatic rings. The average molecular weight is 442 g/mol. The van der Waals surface area contributed by atoms with Crippen molar-refractivity contribution < 1.29 is 14.3 Å². The molecule has 31 heavy (non-hydrogen) atoms. The molecule has 2 aliphatic rings. The highest BCUT2D eigenvalue weighted by molar-refractivity contribution is 7.10. The molecule has 0 radical (unpaired) electrons. The minimum Gasteiger partial charge on any atom is -0.491 e. The lowest BCUT2D eigenvalue weighted by Gasteiger charge is -2.37. The number of ether oxygens (including phenoxy) is 1. The molecule has 166 valence electrons.